The number of hydrogen-bond acceptors (Lipinski definition) is 2. The summed E-state index contributed by atoms with van der Waals surface area (Å²) in [7, 11) is 0. The normalized spacial score (nSPS) is 34.3. The fraction of sp³-hybridized carbons (Fsp3) is 0.938. The maximum Gasteiger partial charge on any atom is 0.310 e. The monoisotopic (exact) mass is 267 g/mol. The molecule has 1 saturated heterocycles. The summed E-state index contributed by atoms with van der Waals surface area (Å²) in [5.41, 5.74) is -0.453. The second-order valence-corrected chi connectivity index (χ2v) is 6.90. The number of rotatable bonds is 4. The van der Waals surface area contributed by atoms with E-state index < -0.39 is 11.4 Å². The third-order valence-corrected chi connectivity index (χ3v) is 5.50. The van der Waals surface area contributed by atoms with E-state index in [0.717, 1.165) is 51.2 Å². The lowest BCUT2D eigenvalue weighted by Crippen LogP contribution is -2.47. The van der Waals surface area contributed by atoms with Crippen LogP contribution < -0.4 is 0 Å². The van der Waals surface area contributed by atoms with Gasteiger partial charge in [-0.3, -0.25) is 4.79 Å². The van der Waals surface area contributed by atoms with Crippen molar-refractivity contribution in [3.8, 4) is 0 Å². The molecule has 19 heavy (non-hydrogen) atoms. The SMILES string of the molecule is CCC1CCN(CC2(C(=O)O)CCC(C)CC2)CC1. The van der Waals surface area contributed by atoms with Crippen LogP contribution in [0.5, 0.6) is 0 Å². The third kappa shape index (κ3) is 3.50. The summed E-state index contributed by atoms with van der Waals surface area (Å²) in [6.45, 7) is 7.50. The topological polar surface area (TPSA) is 40.5 Å². The van der Waals surface area contributed by atoms with Gasteiger partial charge in [0.1, 0.15) is 0 Å². The average Bonchev–Trinajstić information content (AvgIpc) is 2.42. The van der Waals surface area contributed by atoms with Crippen LogP contribution in [0, 0.1) is 17.3 Å². The van der Waals surface area contributed by atoms with Crippen LogP contribution in [0.4, 0.5) is 0 Å². The molecule has 2 aliphatic rings. The van der Waals surface area contributed by atoms with Crippen LogP contribution in [0.3, 0.4) is 0 Å². The first kappa shape index (κ1) is 14.8. The molecule has 3 heteroatoms. The fourth-order valence-electron chi connectivity index (χ4n) is 3.74. The number of carbonyl (C=O) groups is 1. The molecule has 1 heterocycles. The summed E-state index contributed by atoms with van der Waals surface area (Å²) >= 11 is 0. The molecular formula is C16H29NO2. The zero-order valence-electron chi connectivity index (χ0n) is 12.5. The summed E-state index contributed by atoms with van der Waals surface area (Å²) in [5.74, 6) is 1.01. The molecule has 1 aliphatic heterocycles. The van der Waals surface area contributed by atoms with Gasteiger partial charge in [-0.15, -0.1) is 0 Å². The number of hydrogen-bond donors (Lipinski definition) is 1. The van der Waals surface area contributed by atoms with Crippen LogP contribution in [0.25, 0.3) is 0 Å². The van der Waals surface area contributed by atoms with Crippen molar-refractivity contribution < 1.29 is 9.90 Å². The lowest BCUT2D eigenvalue weighted by atomic mass is 9.70. The molecule has 0 radical (unpaired) electrons. The third-order valence-electron chi connectivity index (χ3n) is 5.50. The first-order valence-electron chi connectivity index (χ1n) is 8.01. The van der Waals surface area contributed by atoms with Crippen molar-refractivity contribution in [2.24, 2.45) is 17.3 Å². The summed E-state index contributed by atoms with van der Waals surface area (Å²) < 4.78 is 0. The Kier molecular flexibility index (Phi) is 4.88. The Morgan fingerprint density at radius 3 is 2.26 bits per heavy atom. The number of carboxylic acids is 1. The Balaban J connectivity index is 1.93. The van der Waals surface area contributed by atoms with Crippen molar-refractivity contribution in [1.29, 1.82) is 0 Å². The zero-order valence-corrected chi connectivity index (χ0v) is 12.5. The molecule has 0 aromatic heterocycles. The molecule has 3 nitrogen and oxygen atoms in total. The molecule has 1 N–H and O–H groups in total. The van der Waals surface area contributed by atoms with Crippen LogP contribution in [0.15, 0.2) is 0 Å². The molecule has 2 fully saturated rings. The molecule has 0 amide bonds. The van der Waals surface area contributed by atoms with Gasteiger partial charge >= 0.3 is 5.97 Å². The number of nitrogens with zero attached hydrogens (tertiary/aromatic N) is 1. The van der Waals surface area contributed by atoms with Gasteiger partial charge in [0.15, 0.2) is 0 Å². The molecule has 1 aliphatic carbocycles. The molecule has 0 atom stereocenters. The van der Waals surface area contributed by atoms with E-state index in [9.17, 15) is 9.90 Å². The molecule has 0 bridgehead atoms. The maximum atomic E-state index is 11.8. The second kappa shape index (κ2) is 6.25. The van der Waals surface area contributed by atoms with Crippen LogP contribution in [-0.2, 0) is 4.79 Å². The van der Waals surface area contributed by atoms with E-state index in [2.05, 4.69) is 18.7 Å². The highest BCUT2D eigenvalue weighted by Crippen LogP contribution is 2.40. The Morgan fingerprint density at radius 1 is 1.21 bits per heavy atom. The summed E-state index contributed by atoms with van der Waals surface area (Å²) in [4.78, 5) is 14.2. The summed E-state index contributed by atoms with van der Waals surface area (Å²) in [6.07, 6.45) is 7.69. The molecular weight excluding hydrogens is 238 g/mol. The average molecular weight is 267 g/mol. The van der Waals surface area contributed by atoms with Crippen molar-refractivity contribution >= 4 is 5.97 Å². The quantitative estimate of drug-likeness (QED) is 0.849. The lowest BCUT2D eigenvalue weighted by molar-refractivity contribution is -0.153. The minimum absolute atomic E-state index is 0.453. The molecule has 2 rings (SSSR count). The van der Waals surface area contributed by atoms with Gasteiger partial charge in [-0.05, 0) is 63.5 Å². The lowest BCUT2D eigenvalue weighted by Gasteiger charge is -2.41. The maximum absolute atomic E-state index is 11.8. The molecule has 0 unspecified atom stereocenters. The van der Waals surface area contributed by atoms with Gasteiger partial charge in [-0.2, -0.15) is 0 Å². The Morgan fingerprint density at radius 2 is 1.79 bits per heavy atom. The number of carboxylic acid groups (broad SMARTS) is 1. The van der Waals surface area contributed by atoms with E-state index in [1.165, 1.54) is 19.3 Å². The fourth-order valence-corrected chi connectivity index (χ4v) is 3.74. The van der Waals surface area contributed by atoms with Gasteiger partial charge in [0.2, 0.25) is 0 Å². The molecule has 0 spiro atoms. The number of aliphatic carboxylic acids is 1. The van der Waals surface area contributed by atoms with E-state index in [1.807, 2.05) is 0 Å². The Labute approximate surface area is 117 Å². The standard InChI is InChI=1S/C16H29NO2/c1-3-14-6-10-17(11-7-14)12-16(15(18)19)8-4-13(2)5-9-16/h13-14H,3-12H2,1-2H3,(H,18,19). The number of likely N-dealkylation sites (tertiary alicyclic amines) is 1. The van der Waals surface area contributed by atoms with Crippen LogP contribution >= 0.6 is 0 Å². The van der Waals surface area contributed by atoms with E-state index in [1.54, 1.807) is 0 Å². The van der Waals surface area contributed by atoms with Gasteiger partial charge in [-0.25, -0.2) is 0 Å². The van der Waals surface area contributed by atoms with Crippen molar-refractivity contribution in [3.05, 3.63) is 0 Å². The Hall–Kier alpha value is -0.570. The van der Waals surface area contributed by atoms with Gasteiger partial charge in [-0.1, -0.05) is 20.3 Å². The molecule has 0 aromatic rings. The molecule has 1 saturated carbocycles. The van der Waals surface area contributed by atoms with Gasteiger partial charge in [0.25, 0.3) is 0 Å². The zero-order chi connectivity index (χ0) is 13.9. The van der Waals surface area contributed by atoms with E-state index >= 15 is 0 Å². The van der Waals surface area contributed by atoms with Crippen LogP contribution in [-0.4, -0.2) is 35.6 Å². The molecule has 110 valence electrons. The van der Waals surface area contributed by atoms with E-state index in [4.69, 9.17) is 0 Å². The first-order valence-corrected chi connectivity index (χ1v) is 8.01. The first-order chi connectivity index (χ1) is 9.05. The highest BCUT2D eigenvalue weighted by Gasteiger charge is 2.42. The summed E-state index contributed by atoms with van der Waals surface area (Å²) in [5, 5.41) is 9.68. The van der Waals surface area contributed by atoms with Gasteiger partial charge < -0.3 is 10.0 Å². The summed E-state index contributed by atoms with van der Waals surface area (Å²) in [6, 6.07) is 0. The van der Waals surface area contributed by atoms with Crippen molar-refractivity contribution in [1.82, 2.24) is 4.90 Å². The highest BCUT2D eigenvalue weighted by atomic mass is 16.4. The minimum atomic E-state index is -0.558. The van der Waals surface area contributed by atoms with Crippen LogP contribution in [0.1, 0.15) is 58.8 Å². The predicted octanol–water partition coefficient (Wildman–Crippen LogP) is 3.39. The largest absolute Gasteiger partial charge is 0.481 e. The van der Waals surface area contributed by atoms with Crippen LogP contribution in [0.2, 0.25) is 0 Å². The van der Waals surface area contributed by atoms with E-state index in [0.29, 0.717) is 5.92 Å². The van der Waals surface area contributed by atoms with Gasteiger partial charge in [0.05, 0.1) is 5.41 Å². The molecule has 0 aromatic carbocycles. The smallest absolute Gasteiger partial charge is 0.310 e. The van der Waals surface area contributed by atoms with Gasteiger partial charge in [0, 0.05) is 6.54 Å². The minimum Gasteiger partial charge on any atom is -0.481 e. The van der Waals surface area contributed by atoms with E-state index in [-0.39, 0.29) is 0 Å². The predicted molar refractivity (Wildman–Crippen MR) is 77.2 cm³/mol. The van der Waals surface area contributed by atoms with Crippen molar-refractivity contribution in [2.45, 2.75) is 58.8 Å². The second-order valence-electron chi connectivity index (χ2n) is 6.90. The Bertz CT molecular complexity index is 300. The van der Waals surface area contributed by atoms with Crippen molar-refractivity contribution in [3.63, 3.8) is 0 Å². The number of piperidine rings is 1. The van der Waals surface area contributed by atoms with Crippen molar-refractivity contribution in [2.75, 3.05) is 19.6 Å². The highest BCUT2D eigenvalue weighted by molar-refractivity contribution is 5.75.